The molecule has 14 heavy (non-hydrogen) atoms. The molecule has 2 N–H and O–H groups in total. The van der Waals surface area contributed by atoms with Crippen LogP contribution in [-0.4, -0.2) is 37.7 Å². The molecule has 0 radical (unpaired) electrons. The minimum atomic E-state index is -0.274. The lowest BCUT2D eigenvalue weighted by molar-refractivity contribution is -0.134. The molecule has 0 aromatic carbocycles. The maximum absolute atomic E-state index is 11.7. The van der Waals surface area contributed by atoms with Crippen LogP contribution in [0.2, 0.25) is 0 Å². The van der Waals surface area contributed by atoms with Gasteiger partial charge in [0.2, 0.25) is 0 Å². The lowest BCUT2D eigenvalue weighted by atomic mass is 10.2. The summed E-state index contributed by atoms with van der Waals surface area (Å²) >= 11 is 0. The largest absolute Gasteiger partial charge is 0.366 e. The minimum absolute atomic E-state index is 0.0594. The summed E-state index contributed by atoms with van der Waals surface area (Å²) in [4.78, 5) is 11.7. The predicted octanol–water partition coefficient (Wildman–Crippen LogP) is 0.0336. The summed E-state index contributed by atoms with van der Waals surface area (Å²) in [6.45, 7) is 2.15. The second-order valence-electron chi connectivity index (χ2n) is 4.05. The molecule has 1 unspecified atom stereocenters. The van der Waals surface area contributed by atoms with Crippen LogP contribution in [0.4, 0.5) is 0 Å². The average molecular weight is 198 g/mol. The zero-order chi connectivity index (χ0) is 9.80. The highest BCUT2D eigenvalue weighted by Gasteiger charge is 2.25. The second-order valence-corrected chi connectivity index (χ2v) is 4.05. The van der Waals surface area contributed by atoms with Crippen molar-refractivity contribution in [3.05, 3.63) is 0 Å². The van der Waals surface area contributed by atoms with Crippen molar-refractivity contribution in [1.29, 1.82) is 0 Å². The Morgan fingerprint density at radius 2 is 2.14 bits per heavy atom. The molecule has 4 nitrogen and oxygen atoms in total. The van der Waals surface area contributed by atoms with Gasteiger partial charge in [0.25, 0.3) is 5.91 Å². The van der Waals surface area contributed by atoms with E-state index >= 15 is 0 Å². The molecule has 1 saturated carbocycles. The molecule has 1 heterocycles. The number of hydrogen-bond donors (Lipinski definition) is 2. The highest BCUT2D eigenvalue weighted by atomic mass is 16.5. The summed E-state index contributed by atoms with van der Waals surface area (Å²) in [6.07, 6.45) is 4.48. The molecule has 1 aliphatic heterocycles. The Morgan fingerprint density at radius 3 is 2.79 bits per heavy atom. The van der Waals surface area contributed by atoms with Crippen molar-refractivity contribution in [3.8, 4) is 0 Å². The molecule has 4 heteroatoms. The Labute approximate surface area is 84.4 Å². The molecule has 2 rings (SSSR count). The van der Waals surface area contributed by atoms with E-state index in [2.05, 4.69) is 10.6 Å². The van der Waals surface area contributed by atoms with Gasteiger partial charge in [-0.1, -0.05) is 12.8 Å². The Bertz CT molecular complexity index is 196. The normalized spacial score (nSPS) is 29.0. The monoisotopic (exact) mass is 198 g/mol. The van der Waals surface area contributed by atoms with Crippen LogP contribution in [0.1, 0.15) is 25.7 Å². The molecule has 80 valence electrons. The molecule has 0 aromatic rings. The van der Waals surface area contributed by atoms with E-state index in [1.807, 2.05) is 0 Å². The van der Waals surface area contributed by atoms with E-state index in [1.165, 1.54) is 12.8 Å². The van der Waals surface area contributed by atoms with Gasteiger partial charge < -0.3 is 15.4 Å². The highest BCUT2D eigenvalue weighted by Crippen LogP contribution is 2.17. The summed E-state index contributed by atoms with van der Waals surface area (Å²) in [7, 11) is 0. The van der Waals surface area contributed by atoms with Gasteiger partial charge in [0.05, 0.1) is 6.61 Å². The number of ether oxygens (including phenoxy) is 1. The van der Waals surface area contributed by atoms with Crippen molar-refractivity contribution in [2.24, 2.45) is 0 Å². The topological polar surface area (TPSA) is 50.4 Å². The number of nitrogens with one attached hydrogen (secondary N) is 2. The maximum atomic E-state index is 11.7. The average Bonchev–Trinajstić information content (AvgIpc) is 2.72. The van der Waals surface area contributed by atoms with Gasteiger partial charge in [-0.3, -0.25) is 4.79 Å². The molecule has 1 amide bonds. The number of carbonyl (C=O) groups excluding carboxylic acids is 1. The minimum Gasteiger partial charge on any atom is -0.366 e. The van der Waals surface area contributed by atoms with Crippen LogP contribution < -0.4 is 10.6 Å². The smallest absolute Gasteiger partial charge is 0.250 e. The van der Waals surface area contributed by atoms with Crippen molar-refractivity contribution < 1.29 is 9.53 Å². The van der Waals surface area contributed by atoms with Crippen LogP contribution in [0.15, 0.2) is 0 Å². The number of amides is 1. The Kier molecular flexibility index (Phi) is 3.37. The summed E-state index contributed by atoms with van der Waals surface area (Å²) in [5.41, 5.74) is 0. The lowest BCUT2D eigenvalue weighted by Crippen LogP contribution is -2.49. The second kappa shape index (κ2) is 4.75. The quantitative estimate of drug-likeness (QED) is 0.658. The molecule has 0 spiro atoms. The van der Waals surface area contributed by atoms with Crippen LogP contribution >= 0.6 is 0 Å². The molecule has 2 fully saturated rings. The molecule has 1 saturated heterocycles. The summed E-state index contributed by atoms with van der Waals surface area (Å²) in [5, 5.41) is 6.20. The van der Waals surface area contributed by atoms with Gasteiger partial charge in [-0.15, -0.1) is 0 Å². The molecular weight excluding hydrogens is 180 g/mol. The third-order valence-electron chi connectivity index (χ3n) is 2.92. The molecule has 0 aromatic heterocycles. The van der Waals surface area contributed by atoms with Gasteiger partial charge in [0.1, 0.15) is 6.10 Å². The molecule has 1 aliphatic carbocycles. The first-order valence-electron chi connectivity index (χ1n) is 5.49. The summed E-state index contributed by atoms with van der Waals surface area (Å²) < 4.78 is 5.38. The fourth-order valence-corrected chi connectivity index (χ4v) is 2.10. The summed E-state index contributed by atoms with van der Waals surface area (Å²) in [5.74, 6) is 0.0594. The van der Waals surface area contributed by atoms with Gasteiger partial charge in [-0.25, -0.2) is 0 Å². The first-order chi connectivity index (χ1) is 6.86. The Balaban J connectivity index is 1.75. The molecule has 2 aliphatic rings. The van der Waals surface area contributed by atoms with Crippen LogP contribution in [0.5, 0.6) is 0 Å². The van der Waals surface area contributed by atoms with E-state index in [9.17, 15) is 4.79 Å². The zero-order valence-corrected chi connectivity index (χ0v) is 8.42. The van der Waals surface area contributed by atoms with Gasteiger partial charge in [0.15, 0.2) is 0 Å². The molecular formula is C10H18N2O2. The number of morpholine rings is 1. The van der Waals surface area contributed by atoms with Gasteiger partial charge in [-0.05, 0) is 12.8 Å². The van der Waals surface area contributed by atoms with E-state index < -0.39 is 0 Å². The van der Waals surface area contributed by atoms with Crippen LogP contribution in [0.25, 0.3) is 0 Å². The highest BCUT2D eigenvalue weighted by molar-refractivity contribution is 5.81. The van der Waals surface area contributed by atoms with E-state index in [-0.39, 0.29) is 12.0 Å². The zero-order valence-electron chi connectivity index (χ0n) is 8.42. The van der Waals surface area contributed by atoms with Crippen molar-refractivity contribution >= 4 is 5.91 Å². The molecule has 0 bridgehead atoms. The first-order valence-corrected chi connectivity index (χ1v) is 5.49. The van der Waals surface area contributed by atoms with E-state index in [0.717, 1.165) is 19.4 Å². The third kappa shape index (κ3) is 2.45. The van der Waals surface area contributed by atoms with Crippen LogP contribution in [0.3, 0.4) is 0 Å². The van der Waals surface area contributed by atoms with Crippen molar-refractivity contribution in [1.82, 2.24) is 10.6 Å². The van der Waals surface area contributed by atoms with Gasteiger partial charge in [-0.2, -0.15) is 0 Å². The van der Waals surface area contributed by atoms with E-state index in [1.54, 1.807) is 0 Å². The number of rotatable bonds is 2. The lowest BCUT2D eigenvalue weighted by Gasteiger charge is -2.24. The fraction of sp³-hybridized carbons (Fsp3) is 0.900. The number of carbonyl (C=O) groups is 1. The van der Waals surface area contributed by atoms with Crippen molar-refractivity contribution in [2.75, 3.05) is 19.7 Å². The van der Waals surface area contributed by atoms with Crippen LogP contribution in [-0.2, 0) is 9.53 Å². The Hall–Kier alpha value is -0.610. The van der Waals surface area contributed by atoms with Crippen LogP contribution in [0, 0.1) is 0 Å². The van der Waals surface area contributed by atoms with Gasteiger partial charge >= 0.3 is 0 Å². The SMILES string of the molecule is O=C(NC1CCCC1)C1CNCCO1. The standard InChI is InChI=1S/C10H18N2O2/c13-10(9-7-11-5-6-14-9)12-8-3-1-2-4-8/h8-9,11H,1-7H2,(H,12,13). The summed E-state index contributed by atoms with van der Waals surface area (Å²) in [6, 6.07) is 0.396. The van der Waals surface area contributed by atoms with E-state index in [4.69, 9.17) is 4.74 Å². The van der Waals surface area contributed by atoms with E-state index in [0.29, 0.717) is 19.2 Å². The first kappa shape index (κ1) is 9.93. The predicted molar refractivity (Wildman–Crippen MR) is 53.0 cm³/mol. The Morgan fingerprint density at radius 1 is 1.36 bits per heavy atom. The number of hydrogen-bond acceptors (Lipinski definition) is 3. The molecule has 1 atom stereocenters. The fourth-order valence-electron chi connectivity index (χ4n) is 2.10. The van der Waals surface area contributed by atoms with Crippen molar-refractivity contribution in [3.63, 3.8) is 0 Å². The van der Waals surface area contributed by atoms with Gasteiger partial charge in [0, 0.05) is 19.1 Å². The van der Waals surface area contributed by atoms with Crippen molar-refractivity contribution in [2.45, 2.75) is 37.8 Å². The third-order valence-corrected chi connectivity index (χ3v) is 2.92. The maximum Gasteiger partial charge on any atom is 0.250 e.